The number of nitrogen functional groups attached to an aromatic ring is 1. The summed E-state index contributed by atoms with van der Waals surface area (Å²) in [7, 11) is 0. The van der Waals surface area contributed by atoms with Crippen LogP contribution in [0, 0.1) is 5.41 Å². The summed E-state index contributed by atoms with van der Waals surface area (Å²) in [6, 6.07) is 13.2. The fraction of sp³-hybridized carbons (Fsp3) is 0.263. The first kappa shape index (κ1) is 27.2. The Hall–Kier alpha value is -3.04. The van der Waals surface area contributed by atoms with Crippen LogP contribution in [0.5, 0.6) is 0 Å². The average molecular weight is 408 g/mol. The predicted molar refractivity (Wildman–Crippen MR) is 116 cm³/mol. The van der Waals surface area contributed by atoms with E-state index in [-0.39, 0.29) is 37.7 Å². The van der Waals surface area contributed by atoms with Gasteiger partial charge in [-0.2, -0.15) is 0 Å². The van der Waals surface area contributed by atoms with Crippen LogP contribution in [0.4, 0.5) is 5.00 Å². The fourth-order valence-corrected chi connectivity index (χ4v) is 2.66. The summed E-state index contributed by atoms with van der Waals surface area (Å²) in [6.45, 7) is 5.41. The number of nitrogens with two attached hydrogens (primary N) is 2. The standard InChI is InChI=1S/C10H14N2O.C7H9N3OS.CH2O.CH4/c1-8(12-10(13)7-11)9-5-3-2-4-6-9;1-4(11)10-6-3-2-5(12-6)7(8)9;1-2;/h2-6,8H,7,11H2,1H3,(H,12,13);2-3H,1H3,(H3,8,9)(H,10,11);1H2;1H4. The van der Waals surface area contributed by atoms with Gasteiger partial charge < -0.3 is 26.9 Å². The van der Waals surface area contributed by atoms with Crippen LogP contribution in [0.25, 0.3) is 0 Å². The van der Waals surface area contributed by atoms with Gasteiger partial charge >= 0.3 is 0 Å². The van der Waals surface area contributed by atoms with Crippen molar-refractivity contribution < 1.29 is 14.4 Å². The maximum Gasteiger partial charge on any atom is 0.234 e. The second kappa shape index (κ2) is 15.1. The first-order valence-electron chi connectivity index (χ1n) is 7.88. The summed E-state index contributed by atoms with van der Waals surface area (Å²) in [4.78, 5) is 30.2. The van der Waals surface area contributed by atoms with Gasteiger partial charge in [0.1, 0.15) is 12.6 Å². The van der Waals surface area contributed by atoms with E-state index in [4.69, 9.17) is 21.7 Å². The summed E-state index contributed by atoms with van der Waals surface area (Å²) in [6.07, 6.45) is 0. The molecule has 8 nitrogen and oxygen atoms in total. The molecule has 7 N–H and O–H groups in total. The first-order chi connectivity index (χ1) is 12.8. The SMILES string of the molecule is C.C=O.CC(=O)Nc1ccc(C(=N)N)s1.CC(NC(=O)CN)c1ccccc1. The van der Waals surface area contributed by atoms with Crippen LogP contribution in [0.3, 0.4) is 0 Å². The molecule has 1 aromatic heterocycles. The molecule has 1 heterocycles. The van der Waals surface area contributed by atoms with Gasteiger partial charge in [-0.1, -0.05) is 37.8 Å². The highest BCUT2D eigenvalue weighted by molar-refractivity contribution is 7.18. The smallest absolute Gasteiger partial charge is 0.234 e. The Kier molecular flexibility index (Phi) is 14.6. The number of carbonyl (C=O) groups excluding carboxylic acids is 3. The highest BCUT2D eigenvalue weighted by Gasteiger charge is 2.06. The van der Waals surface area contributed by atoms with Gasteiger partial charge in [-0.05, 0) is 24.6 Å². The normalized spacial score (nSPS) is 9.82. The molecule has 2 aromatic rings. The maximum absolute atomic E-state index is 11.0. The Labute approximate surface area is 169 Å². The van der Waals surface area contributed by atoms with Crippen molar-refractivity contribution in [1.82, 2.24) is 5.32 Å². The number of rotatable bonds is 5. The van der Waals surface area contributed by atoms with Crippen molar-refractivity contribution in [3.8, 4) is 0 Å². The number of benzene rings is 1. The zero-order valence-electron chi connectivity index (χ0n) is 15.3. The van der Waals surface area contributed by atoms with Crippen LogP contribution in [0.2, 0.25) is 0 Å². The van der Waals surface area contributed by atoms with Crippen LogP contribution >= 0.6 is 11.3 Å². The van der Waals surface area contributed by atoms with Gasteiger partial charge in [0.25, 0.3) is 0 Å². The number of carbonyl (C=O) groups is 3. The molecule has 1 atom stereocenters. The van der Waals surface area contributed by atoms with E-state index in [0.29, 0.717) is 9.88 Å². The molecule has 0 radical (unpaired) electrons. The summed E-state index contributed by atoms with van der Waals surface area (Å²) < 4.78 is 0. The van der Waals surface area contributed by atoms with E-state index in [1.54, 1.807) is 12.1 Å². The van der Waals surface area contributed by atoms with E-state index >= 15 is 0 Å². The van der Waals surface area contributed by atoms with Crippen LogP contribution in [-0.4, -0.2) is 31.0 Å². The molecule has 0 bridgehead atoms. The monoisotopic (exact) mass is 407 g/mol. The Balaban J connectivity index is 0. The van der Waals surface area contributed by atoms with Gasteiger partial charge in [0.2, 0.25) is 11.8 Å². The predicted octanol–water partition coefficient (Wildman–Crippen LogP) is 2.26. The molecule has 0 aliphatic carbocycles. The lowest BCUT2D eigenvalue weighted by Gasteiger charge is -2.12. The number of nitrogens with one attached hydrogen (secondary N) is 3. The fourth-order valence-electron chi connectivity index (χ4n) is 1.85. The number of hydrogen-bond donors (Lipinski definition) is 5. The minimum Gasteiger partial charge on any atom is -0.383 e. The minimum atomic E-state index is -0.128. The van der Waals surface area contributed by atoms with Crippen molar-refractivity contribution in [2.24, 2.45) is 11.5 Å². The van der Waals surface area contributed by atoms with E-state index in [0.717, 1.165) is 5.56 Å². The number of hydrogen-bond acceptors (Lipinski definition) is 6. The van der Waals surface area contributed by atoms with Crippen molar-refractivity contribution in [3.63, 3.8) is 0 Å². The summed E-state index contributed by atoms with van der Waals surface area (Å²) >= 11 is 1.29. The molecule has 154 valence electrons. The highest BCUT2D eigenvalue weighted by atomic mass is 32.1. The van der Waals surface area contributed by atoms with Gasteiger partial charge in [-0.15, -0.1) is 11.3 Å². The number of amidine groups is 1. The lowest BCUT2D eigenvalue weighted by Crippen LogP contribution is -2.32. The zero-order chi connectivity index (χ0) is 20.8. The van der Waals surface area contributed by atoms with Crippen LogP contribution in [-0.2, 0) is 14.4 Å². The van der Waals surface area contributed by atoms with E-state index in [1.165, 1.54) is 18.3 Å². The minimum absolute atomic E-state index is 0. The first-order valence-corrected chi connectivity index (χ1v) is 8.70. The second-order valence-electron chi connectivity index (χ2n) is 5.16. The highest BCUT2D eigenvalue weighted by Crippen LogP contribution is 2.20. The topological polar surface area (TPSA) is 151 Å². The van der Waals surface area contributed by atoms with Crippen molar-refractivity contribution >= 4 is 40.8 Å². The summed E-state index contributed by atoms with van der Waals surface area (Å²) in [5.41, 5.74) is 11.5. The third-order valence-electron chi connectivity index (χ3n) is 3.03. The maximum atomic E-state index is 11.0. The van der Waals surface area contributed by atoms with Crippen molar-refractivity contribution in [3.05, 3.63) is 52.9 Å². The Morgan fingerprint density at radius 3 is 2.18 bits per heavy atom. The van der Waals surface area contributed by atoms with E-state index in [2.05, 4.69) is 10.6 Å². The van der Waals surface area contributed by atoms with Crippen LogP contribution < -0.4 is 22.1 Å². The molecule has 2 rings (SSSR count). The molecule has 0 aliphatic rings. The van der Waals surface area contributed by atoms with E-state index < -0.39 is 0 Å². The molecule has 1 aromatic carbocycles. The largest absolute Gasteiger partial charge is 0.383 e. The molecular formula is C19H29N5O3S. The van der Waals surface area contributed by atoms with Crippen LogP contribution in [0.15, 0.2) is 42.5 Å². The molecular weight excluding hydrogens is 378 g/mol. The van der Waals surface area contributed by atoms with E-state index in [1.807, 2.05) is 44.0 Å². The Morgan fingerprint density at radius 1 is 1.18 bits per heavy atom. The molecule has 28 heavy (non-hydrogen) atoms. The Bertz CT molecular complexity index is 734. The van der Waals surface area contributed by atoms with Crippen molar-refractivity contribution in [2.45, 2.75) is 27.3 Å². The molecule has 2 amide bonds. The lowest BCUT2D eigenvalue weighted by atomic mass is 10.1. The van der Waals surface area contributed by atoms with E-state index in [9.17, 15) is 9.59 Å². The van der Waals surface area contributed by atoms with Crippen LogP contribution in [0.1, 0.15) is 37.8 Å². The summed E-state index contributed by atoms with van der Waals surface area (Å²) in [5.74, 6) is -0.222. The van der Waals surface area contributed by atoms with Gasteiger partial charge in [0, 0.05) is 6.92 Å². The molecule has 0 spiro atoms. The Morgan fingerprint density at radius 2 is 1.75 bits per heavy atom. The molecule has 1 unspecified atom stereocenters. The molecule has 0 saturated carbocycles. The molecule has 0 fully saturated rings. The quantitative estimate of drug-likeness (QED) is 0.380. The zero-order valence-corrected chi connectivity index (χ0v) is 16.1. The molecule has 0 saturated heterocycles. The molecule has 9 heteroatoms. The van der Waals surface area contributed by atoms with Crippen molar-refractivity contribution in [2.75, 3.05) is 11.9 Å². The number of anilines is 1. The van der Waals surface area contributed by atoms with Gasteiger partial charge in [0.05, 0.1) is 22.5 Å². The number of amides is 2. The van der Waals surface area contributed by atoms with Gasteiger partial charge in [-0.3, -0.25) is 15.0 Å². The summed E-state index contributed by atoms with van der Waals surface area (Å²) in [5, 5.41) is 13.2. The van der Waals surface area contributed by atoms with Crippen molar-refractivity contribution in [1.29, 1.82) is 5.41 Å². The third kappa shape index (κ3) is 10.8. The number of thiophene rings is 1. The average Bonchev–Trinajstić information content (AvgIpc) is 3.12. The third-order valence-corrected chi connectivity index (χ3v) is 4.07. The van der Waals surface area contributed by atoms with Gasteiger partial charge in [-0.25, -0.2) is 0 Å². The second-order valence-corrected chi connectivity index (χ2v) is 6.25. The van der Waals surface area contributed by atoms with Gasteiger partial charge in [0.15, 0.2) is 0 Å². The molecule has 0 aliphatic heterocycles. The lowest BCUT2D eigenvalue weighted by molar-refractivity contribution is -0.120.